The van der Waals surface area contributed by atoms with Gasteiger partial charge in [0.2, 0.25) is 0 Å². The number of anilines is 2. The van der Waals surface area contributed by atoms with Crippen LogP contribution in [-0.4, -0.2) is 17.4 Å². The van der Waals surface area contributed by atoms with Gasteiger partial charge in [-0.25, -0.2) is 0 Å². The van der Waals surface area contributed by atoms with Crippen LogP contribution in [0.2, 0.25) is 0 Å². The van der Waals surface area contributed by atoms with Crippen LogP contribution in [0.1, 0.15) is 47.3 Å². The molecule has 3 aromatic rings. The summed E-state index contributed by atoms with van der Waals surface area (Å²) in [4.78, 5) is 16.3. The molecule has 0 atom stereocenters. The molecule has 0 aliphatic carbocycles. The van der Waals surface area contributed by atoms with Gasteiger partial charge in [-0.2, -0.15) is 0 Å². The van der Waals surface area contributed by atoms with E-state index in [1.807, 2.05) is 37.3 Å². The SMILES string of the molecule is Cc1cc(C(=O)NCCC(C)C)ccc1Nc1ccc(/C=C/c2ccncc2)cc1. The second kappa shape index (κ2) is 10.4. The van der Waals surface area contributed by atoms with Gasteiger partial charge in [-0.15, -0.1) is 0 Å². The van der Waals surface area contributed by atoms with Gasteiger partial charge in [0.25, 0.3) is 5.91 Å². The van der Waals surface area contributed by atoms with Gasteiger partial charge in [0.1, 0.15) is 0 Å². The Morgan fingerprint density at radius 1 is 0.967 bits per heavy atom. The normalized spacial score (nSPS) is 11.1. The standard InChI is InChI=1S/C26H29N3O/c1-19(2)12-17-28-26(30)23-8-11-25(20(3)18-23)29-24-9-6-21(7-10-24)4-5-22-13-15-27-16-14-22/h4-11,13-16,18-19,29H,12,17H2,1-3H3,(H,28,30)/b5-4+. The van der Waals surface area contributed by atoms with Crippen LogP contribution in [0.15, 0.2) is 67.0 Å². The first kappa shape index (κ1) is 21.3. The van der Waals surface area contributed by atoms with Crippen molar-refractivity contribution in [2.75, 3.05) is 11.9 Å². The molecule has 1 heterocycles. The Hall–Kier alpha value is -3.40. The number of benzene rings is 2. The van der Waals surface area contributed by atoms with Gasteiger partial charge in [0.05, 0.1) is 0 Å². The van der Waals surface area contributed by atoms with E-state index in [1.54, 1.807) is 12.4 Å². The first-order valence-corrected chi connectivity index (χ1v) is 10.4. The predicted molar refractivity (Wildman–Crippen MR) is 126 cm³/mol. The molecule has 154 valence electrons. The number of hydrogen-bond acceptors (Lipinski definition) is 3. The second-order valence-electron chi connectivity index (χ2n) is 7.83. The first-order valence-electron chi connectivity index (χ1n) is 10.4. The van der Waals surface area contributed by atoms with Gasteiger partial charge in [-0.05, 0) is 78.4 Å². The molecular weight excluding hydrogens is 370 g/mol. The zero-order valence-corrected chi connectivity index (χ0v) is 17.9. The number of carbonyl (C=O) groups excluding carboxylic acids is 1. The van der Waals surface area contributed by atoms with E-state index >= 15 is 0 Å². The van der Waals surface area contributed by atoms with E-state index in [2.05, 4.69) is 65.9 Å². The Balaban J connectivity index is 1.60. The van der Waals surface area contributed by atoms with E-state index in [0.717, 1.165) is 34.5 Å². The van der Waals surface area contributed by atoms with Crippen molar-refractivity contribution in [3.63, 3.8) is 0 Å². The van der Waals surface area contributed by atoms with Crippen LogP contribution in [0.25, 0.3) is 12.2 Å². The van der Waals surface area contributed by atoms with Crippen molar-refractivity contribution in [2.24, 2.45) is 5.92 Å². The number of pyridine rings is 1. The van der Waals surface area contributed by atoms with E-state index < -0.39 is 0 Å². The maximum atomic E-state index is 12.3. The minimum atomic E-state index is -0.0179. The number of carbonyl (C=O) groups is 1. The van der Waals surface area contributed by atoms with Crippen LogP contribution in [0.3, 0.4) is 0 Å². The highest BCUT2D eigenvalue weighted by Crippen LogP contribution is 2.22. The Labute approximate surface area is 179 Å². The van der Waals surface area contributed by atoms with Gasteiger partial charge in [-0.1, -0.05) is 38.1 Å². The molecule has 0 saturated carbocycles. The quantitative estimate of drug-likeness (QED) is 0.483. The zero-order chi connectivity index (χ0) is 21.3. The maximum absolute atomic E-state index is 12.3. The third-order valence-corrected chi connectivity index (χ3v) is 4.86. The summed E-state index contributed by atoms with van der Waals surface area (Å²) in [5.41, 5.74) is 5.98. The lowest BCUT2D eigenvalue weighted by Crippen LogP contribution is -2.25. The molecule has 0 radical (unpaired) electrons. The van der Waals surface area contributed by atoms with Crippen LogP contribution in [-0.2, 0) is 0 Å². The molecule has 1 amide bonds. The fourth-order valence-electron chi connectivity index (χ4n) is 3.02. The molecule has 0 spiro atoms. The summed E-state index contributed by atoms with van der Waals surface area (Å²) in [5, 5.41) is 6.42. The topological polar surface area (TPSA) is 54.0 Å². The van der Waals surface area contributed by atoms with Gasteiger partial charge in [-0.3, -0.25) is 9.78 Å². The average Bonchev–Trinajstić information content (AvgIpc) is 2.75. The highest BCUT2D eigenvalue weighted by molar-refractivity contribution is 5.95. The number of nitrogens with zero attached hydrogens (tertiary/aromatic N) is 1. The van der Waals surface area contributed by atoms with Crippen molar-refractivity contribution >= 4 is 29.4 Å². The number of hydrogen-bond donors (Lipinski definition) is 2. The molecule has 0 saturated heterocycles. The van der Waals surface area contributed by atoms with Crippen molar-refractivity contribution < 1.29 is 4.79 Å². The lowest BCUT2D eigenvalue weighted by molar-refractivity contribution is 0.0952. The van der Waals surface area contributed by atoms with Crippen LogP contribution >= 0.6 is 0 Å². The van der Waals surface area contributed by atoms with E-state index in [4.69, 9.17) is 0 Å². The van der Waals surface area contributed by atoms with E-state index in [9.17, 15) is 4.79 Å². The Bertz CT molecular complexity index is 993. The molecular formula is C26H29N3O. The van der Waals surface area contributed by atoms with Crippen molar-refractivity contribution in [1.82, 2.24) is 10.3 Å². The lowest BCUT2D eigenvalue weighted by Gasteiger charge is -2.12. The molecule has 2 aromatic carbocycles. The summed E-state index contributed by atoms with van der Waals surface area (Å²) in [6.45, 7) is 7.03. The maximum Gasteiger partial charge on any atom is 0.251 e. The van der Waals surface area contributed by atoms with Crippen molar-refractivity contribution in [2.45, 2.75) is 27.2 Å². The summed E-state index contributed by atoms with van der Waals surface area (Å²) in [6.07, 6.45) is 8.71. The second-order valence-corrected chi connectivity index (χ2v) is 7.83. The number of rotatable bonds is 8. The van der Waals surface area contributed by atoms with Crippen molar-refractivity contribution in [3.05, 3.63) is 89.2 Å². The van der Waals surface area contributed by atoms with Gasteiger partial charge < -0.3 is 10.6 Å². The number of amides is 1. The van der Waals surface area contributed by atoms with Crippen LogP contribution in [0, 0.1) is 12.8 Å². The van der Waals surface area contributed by atoms with Crippen LogP contribution < -0.4 is 10.6 Å². The largest absolute Gasteiger partial charge is 0.355 e. The van der Waals surface area contributed by atoms with Gasteiger partial charge in [0, 0.05) is 35.9 Å². The van der Waals surface area contributed by atoms with Crippen LogP contribution in [0.5, 0.6) is 0 Å². The number of aryl methyl sites for hydroxylation is 1. The molecule has 4 nitrogen and oxygen atoms in total. The molecule has 30 heavy (non-hydrogen) atoms. The lowest BCUT2D eigenvalue weighted by atomic mass is 10.1. The Kier molecular flexibility index (Phi) is 7.39. The van der Waals surface area contributed by atoms with Gasteiger partial charge >= 0.3 is 0 Å². The third-order valence-electron chi connectivity index (χ3n) is 4.86. The van der Waals surface area contributed by atoms with Crippen LogP contribution in [0.4, 0.5) is 11.4 Å². The Morgan fingerprint density at radius 3 is 2.27 bits per heavy atom. The monoisotopic (exact) mass is 399 g/mol. The summed E-state index contributed by atoms with van der Waals surface area (Å²) < 4.78 is 0. The van der Waals surface area contributed by atoms with Gasteiger partial charge in [0.15, 0.2) is 0 Å². The summed E-state index contributed by atoms with van der Waals surface area (Å²) in [5.74, 6) is 0.562. The average molecular weight is 400 g/mol. The van der Waals surface area contributed by atoms with E-state index in [-0.39, 0.29) is 5.91 Å². The molecule has 4 heteroatoms. The fraction of sp³-hybridized carbons (Fsp3) is 0.231. The molecule has 0 aliphatic heterocycles. The zero-order valence-electron chi connectivity index (χ0n) is 17.9. The van der Waals surface area contributed by atoms with Crippen molar-refractivity contribution in [1.29, 1.82) is 0 Å². The third kappa shape index (κ3) is 6.31. The molecule has 0 bridgehead atoms. The number of nitrogens with one attached hydrogen (secondary N) is 2. The number of aromatic nitrogens is 1. The predicted octanol–water partition coefficient (Wildman–Crippen LogP) is 6.08. The molecule has 0 aliphatic rings. The minimum Gasteiger partial charge on any atom is -0.355 e. The van der Waals surface area contributed by atoms with E-state index in [0.29, 0.717) is 18.0 Å². The Morgan fingerprint density at radius 2 is 1.63 bits per heavy atom. The fourth-order valence-corrected chi connectivity index (χ4v) is 3.02. The highest BCUT2D eigenvalue weighted by Gasteiger charge is 2.08. The van der Waals surface area contributed by atoms with Crippen molar-refractivity contribution in [3.8, 4) is 0 Å². The summed E-state index contributed by atoms with van der Waals surface area (Å²) >= 11 is 0. The molecule has 0 unspecified atom stereocenters. The summed E-state index contributed by atoms with van der Waals surface area (Å²) in [6, 6.07) is 18.0. The minimum absolute atomic E-state index is 0.0179. The molecule has 0 fully saturated rings. The van der Waals surface area contributed by atoms with E-state index in [1.165, 1.54) is 0 Å². The highest BCUT2D eigenvalue weighted by atomic mass is 16.1. The molecule has 1 aromatic heterocycles. The molecule has 3 rings (SSSR count). The summed E-state index contributed by atoms with van der Waals surface area (Å²) in [7, 11) is 0. The smallest absolute Gasteiger partial charge is 0.251 e. The first-order chi connectivity index (χ1) is 14.5. The molecule has 2 N–H and O–H groups in total.